The first-order valence-electron chi connectivity index (χ1n) is 9.10. The summed E-state index contributed by atoms with van der Waals surface area (Å²) in [7, 11) is 0. The summed E-state index contributed by atoms with van der Waals surface area (Å²) in [5.41, 5.74) is 8.20. The molecule has 0 radical (unpaired) electrons. The first-order valence-corrected chi connectivity index (χ1v) is 9.92. The van der Waals surface area contributed by atoms with Gasteiger partial charge in [0.2, 0.25) is 0 Å². The minimum absolute atomic E-state index is 0.427. The molecule has 0 heterocycles. The summed E-state index contributed by atoms with van der Waals surface area (Å²) >= 11 is 10.7. The highest BCUT2D eigenvalue weighted by Gasteiger charge is 2.27. The van der Waals surface area contributed by atoms with Crippen LogP contribution in [-0.4, -0.2) is 16.3 Å². The molecule has 0 aromatic heterocycles. The molecule has 0 unspecified atom stereocenters. The molecule has 6 heteroatoms. The van der Waals surface area contributed by atoms with Crippen LogP contribution in [-0.2, 0) is 0 Å². The number of hydrazine groups is 1. The van der Waals surface area contributed by atoms with Crippen LogP contribution in [0.1, 0.15) is 58.4 Å². The molecule has 138 valence electrons. The molecule has 1 saturated carbocycles. The quantitative estimate of drug-likeness (QED) is 0.465. The van der Waals surface area contributed by atoms with E-state index in [0.29, 0.717) is 28.1 Å². The molecular formula is C19H30N4S2. The van der Waals surface area contributed by atoms with Crippen LogP contribution in [0.5, 0.6) is 0 Å². The molecule has 1 aliphatic carbocycles. The molecule has 0 amide bonds. The van der Waals surface area contributed by atoms with Gasteiger partial charge in [0.05, 0.1) is 0 Å². The largest absolute Gasteiger partial charge is 0.358 e. The van der Waals surface area contributed by atoms with Crippen molar-refractivity contribution < 1.29 is 0 Å². The normalized spacial score (nSPS) is 23.0. The van der Waals surface area contributed by atoms with Gasteiger partial charge in [-0.15, -0.1) is 0 Å². The Kier molecular flexibility index (Phi) is 7.44. The molecule has 1 aromatic rings. The highest BCUT2D eigenvalue weighted by atomic mass is 32.1. The SMILES string of the molecule is CC(C)c1ccc(NC(=S)NNC(=S)N[C@@H]2CCC[C@H](C)[C@H]2C)cc1. The second kappa shape index (κ2) is 9.34. The van der Waals surface area contributed by atoms with Crippen LogP contribution < -0.4 is 21.5 Å². The van der Waals surface area contributed by atoms with Gasteiger partial charge in [-0.05, 0) is 66.3 Å². The van der Waals surface area contributed by atoms with Crippen molar-refractivity contribution in [3.8, 4) is 0 Å². The molecule has 0 bridgehead atoms. The van der Waals surface area contributed by atoms with E-state index in [4.69, 9.17) is 24.4 Å². The van der Waals surface area contributed by atoms with E-state index in [-0.39, 0.29) is 0 Å². The lowest BCUT2D eigenvalue weighted by molar-refractivity contribution is 0.224. The summed E-state index contributed by atoms with van der Waals surface area (Å²) in [5.74, 6) is 1.88. The summed E-state index contributed by atoms with van der Waals surface area (Å²) in [5, 5.41) is 7.64. The maximum atomic E-state index is 5.38. The van der Waals surface area contributed by atoms with E-state index in [9.17, 15) is 0 Å². The summed E-state index contributed by atoms with van der Waals surface area (Å²) in [6.45, 7) is 8.97. The Morgan fingerprint density at radius 1 is 1.00 bits per heavy atom. The minimum atomic E-state index is 0.427. The number of hydrogen-bond donors (Lipinski definition) is 4. The lowest BCUT2D eigenvalue weighted by Gasteiger charge is -2.35. The molecule has 1 fully saturated rings. The summed E-state index contributed by atoms with van der Waals surface area (Å²) in [4.78, 5) is 0. The second-order valence-corrected chi connectivity index (χ2v) is 8.14. The van der Waals surface area contributed by atoms with Crippen molar-refractivity contribution in [2.75, 3.05) is 5.32 Å². The smallest absolute Gasteiger partial charge is 0.189 e. The number of anilines is 1. The van der Waals surface area contributed by atoms with Gasteiger partial charge in [0.25, 0.3) is 0 Å². The summed E-state index contributed by atoms with van der Waals surface area (Å²) < 4.78 is 0. The highest BCUT2D eigenvalue weighted by molar-refractivity contribution is 7.80. The maximum Gasteiger partial charge on any atom is 0.189 e. The van der Waals surface area contributed by atoms with Crippen LogP contribution >= 0.6 is 24.4 Å². The van der Waals surface area contributed by atoms with Gasteiger partial charge in [-0.2, -0.15) is 0 Å². The van der Waals surface area contributed by atoms with Crippen molar-refractivity contribution in [2.24, 2.45) is 11.8 Å². The van der Waals surface area contributed by atoms with Crippen LogP contribution in [0.4, 0.5) is 5.69 Å². The highest BCUT2D eigenvalue weighted by Crippen LogP contribution is 2.29. The van der Waals surface area contributed by atoms with Gasteiger partial charge in [0.1, 0.15) is 0 Å². The fourth-order valence-electron chi connectivity index (χ4n) is 3.22. The van der Waals surface area contributed by atoms with Gasteiger partial charge in [-0.1, -0.05) is 52.7 Å². The van der Waals surface area contributed by atoms with Crippen molar-refractivity contribution in [3.63, 3.8) is 0 Å². The number of thiocarbonyl (C=S) groups is 2. The van der Waals surface area contributed by atoms with Crippen LogP contribution in [0, 0.1) is 11.8 Å². The molecule has 3 atom stereocenters. The number of nitrogens with one attached hydrogen (secondary N) is 4. The average molecular weight is 379 g/mol. The van der Waals surface area contributed by atoms with E-state index in [1.807, 2.05) is 12.1 Å². The third kappa shape index (κ3) is 6.12. The van der Waals surface area contributed by atoms with Crippen LogP contribution in [0.25, 0.3) is 0 Å². The third-order valence-corrected chi connectivity index (χ3v) is 5.57. The third-order valence-electron chi connectivity index (χ3n) is 5.15. The molecule has 0 spiro atoms. The predicted molar refractivity (Wildman–Crippen MR) is 115 cm³/mol. The van der Waals surface area contributed by atoms with E-state index in [1.54, 1.807) is 0 Å². The fraction of sp³-hybridized carbons (Fsp3) is 0.579. The Hall–Kier alpha value is -1.40. The van der Waals surface area contributed by atoms with Gasteiger partial charge < -0.3 is 10.6 Å². The van der Waals surface area contributed by atoms with Crippen LogP contribution in [0.2, 0.25) is 0 Å². The molecule has 0 saturated heterocycles. The Balaban J connectivity index is 1.74. The standard InChI is InChI=1S/C19H30N4S2/c1-12(2)15-8-10-16(11-9-15)20-18(24)22-23-19(25)21-17-7-5-6-13(3)14(17)4/h8-14,17H,5-7H2,1-4H3,(H2,20,22,24)(H2,21,23,25)/t13-,14+,17+/m0/s1. The second-order valence-electron chi connectivity index (χ2n) is 7.33. The number of hydrogen-bond acceptors (Lipinski definition) is 2. The van der Waals surface area contributed by atoms with Crippen molar-refractivity contribution in [1.82, 2.24) is 16.2 Å². The van der Waals surface area contributed by atoms with Crippen molar-refractivity contribution in [1.29, 1.82) is 0 Å². The minimum Gasteiger partial charge on any atom is -0.358 e. The molecule has 1 aliphatic rings. The van der Waals surface area contributed by atoms with Gasteiger partial charge in [0, 0.05) is 11.7 Å². The molecular weight excluding hydrogens is 348 g/mol. The predicted octanol–water partition coefficient (Wildman–Crippen LogP) is 4.30. The zero-order valence-corrected chi connectivity index (χ0v) is 17.2. The zero-order valence-electron chi connectivity index (χ0n) is 15.6. The molecule has 0 aliphatic heterocycles. The number of rotatable bonds is 3. The van der Waals surface area contributed by atoms with Gasteiger partial charge in [-0.3, -0.25) is 10.9 Å². The Morgan fingerprint density at radius 2 is 1.64 bits per heavy atom. The van der Waals surface area contributed by atoms with Crippen molar-refractivity contribution in [2.45, 2.75) is 58.9 Å². The Morgan fingerprint density at radius 3 is 2.28 bits per heavy atom. The molecule has 2 rings (SSSR count). The summed E-state index contributed by atoms with van der Waals surface area (Å²) in [6.07, 6.45) is 3.73. The molecule has 1 aromatic carbocycles. The Bertz CT molecular complexity index is 586. The fourth-order valence-corrected chi connectivity index (χ4v) is 3.59. The van der Waals surface area contributed by atoms with Crippen LogP contribution in [0.15, 0.2) is 24.3 Å². The molecule has 4 nitrogen and oxygen atoms in total. The Labute approximate surface area is 162 Å². The van der Waals surface area contributed by atoms with Crippen molar-refractivity contribution >= 4 is 40.3 Å². The van der Waals surface area contributed by atoms with E-state index in [2.05, 4.69) is 61.3 Å². The van der Waals surface area contributed by atoms with E-state index >= 15 is 0 Å². The lowest BCUT2D eigenvalue weighted by atomic mass is 9.78. The van der Waals surface area contributed by atoms with Gasteiger partial charge in [-0.25, -0.2) is 0 Å². The zero-order chi connectivity index (χ0) is 18.4. The molecule has 25 heavy (non-hydrogen) atoms. The summed E-state index contributed by atoms with van der Waals surface area (Å²) in [6, 6.07) is 8.72. The molecule has 4 N–H and O–H groups in total. The van der Waals surface area contributed by atoms with Crippen LogP contribution in [0.3, 0.4) is 0 Å². The van der Waals surface area contributed by atoms with E-state index < -0.39 is 0 Å². The lowest BCUT2D eigenvalue weighted by Crippen LogP contribution is -2.53. The first kappa shape index (κ1) is 19.9. The van der Waals surface area contributed by atoms with Gasteiger partial charge in [0.15, 0.2) is 10.2 Å². The topological polar surface area (TPSA) is 48.1 Å². The monoisotopic (exact) mass is 378 g/mol. The first-order chi connectivity index (χ1) is 11.9. The average Bonchev–Trinajstić information content (AvgIpc) is 2.58. The van der Waals surface area contributed by atoms with E-state index in [1.165, 1.54) is 18.4 Å². The maximum absolute atomic E-state index is 5.38. The number of benzene rings is 1. The van der Waals surface area contributed by atoms with Gasteiger partial charge >= 0.3 is 0 Å². The van der Waals surface area contributed by atoms with E-state index in [0.717, 1.165) is 18.0 Å². The van der Waals surface area contributed by atoms with Crippen molar-refractivity contribution in [3.05, 3.63) is 29.8 Å².